The Hall–Kier alpha value is -0.260. The molecule has 0 spiro atoms. The summed E-state index contributed by atoms with van der Waals surface area (Å²) in [7, 11) is 0. The number of allylic oxidation sites excluding steroid dienone is 2. The van der Waals surface area contributed by atoms with Gasteiger partial charge in [0, 0.05) is 0 Å². The van der Waals surface area contributed by atoms with E-state index in [4.69, 9.17) is 0 Å². The molecule has 0 saturated carbocycles. The van der Waals surface area contributed by atoms with E-state index >= 15 is 0 Å². The first kappa shape index (κ1) is 6.85. The standard InChI is InChI=1S/C9H16/c1-3-4-9-6-5-8(2)7-9/h5,9H,3-4,6-7H2,1-2H3. The smallest absolute Gasteiger partial charge is 0.0292 e. The van der Waals surface area contributed by atoms with Crippen LogP contribution in [0.4, 0.5) is 0 Å². The van der Waals surface area contributed by atoms with Gasteiger partial charge in [-0.3, -0.25) is 0 Å². The van der Waals surface area contributed by atoms with Crippen LogP contribution < -0.4 is 0 Å². The van der Waals surface area contributed by atoms with Gasteiger partial charge in [0.2, 0.25) is 0 Å². The summed E-state index contributed by atoms with van der Waals surface area (Å²) in [6.45, 7) is 4.52. The second-order valence-electron chi connectivity index (χ2n) is 3.15. The molecule has 9 heavy (non-hydrogen) atoms. The van der Waals surface area contributed by atoms with Crippen molar-refractivity contribution in [2.45, 2.75) is 39.5 Å². The summed E-state index contributed by atoms with van der Waals surface area (Å²) in [6, 6.07) is 0. The summed E-state index contributed by atoms with van der Waals surface area (Å²) >= 11 is 0. The number of rotatable bonds is 2. The molecule has 0 amide bonds. The van der Waals surface area contributed by atoms with Crippen LogP contribution in [0.1, 0.15) is 39.5 Å². The second-order valence-corrected chi connectivity index (χ2v) is 3.15. The van der Waals surface area contributed by atoms with Crippen LogP contribution in [0, 0.1) is 5.92 Å². The topological polar surface area (TPSA) is 0 Å². The first-order valence-corrected chi connectivity index (χ1v) is 3.98. The van der Waals surface area contributed by atoms with Gasteiger partial charge in [0.15, 0.2) is 0 Å². The number of hydrogen-bond donors (Lipinski definition) is 0. The van der Waals surface area contributed by atoms with Gasteiger partial charge in [-0.05, 0) is 25.7 Å². The molecule has 0 aromatic carbocycles. The molecule has 0 N–H and O–H groups in total. The maximum Gasteiger partial charge on any atom is -0.0292 e. The molecule has 0 aliphatic heterocycles. The van der Waals surface area contributed by atoms with Crippen molar-refractivity contribution in [1.29, 1.82) is 0 Å². The summed E-state index contributed by atoms with van der Waals surface area (Å²) in [5, 5.41) is 0. The van der Waals surface area contributed by atoms with Crippen molar-refractivity contribution >= 4 is 0 Å². The molecule has 0 heterocycles. The van der Waals surface area contributed by atoms with Gasteiger partial charge in [-0.15, -0.1) is 0 Å². The summed E-state index contributed by atoms with van der Waals surface area (Å²) < 4.78 is 0. The lowest BCUT2D eigenvalue weighted by atomic mass is 10.0. The summed E-state index contributed by atoms with van der Waals surface area (Å²) in [6.07, 6.45) is 7.88. The van der Waals surface area contributed by atoms with Crippen LogP contribution in [-0.4, -0.2) is 0 Å². The zero-order chi connectivity index (χ0) is 6.69. The van der Waals surface area contributed by atoms with Gasteiger partial charge < -0.3 is 0 Å². The average molecular weight is 124 g/mol. The Morgan fingerprint density at radius 2 is 2.44 bits per heavy atom. The zero-order valence-electron chi connectivity index (χ0n) is 6.48. The molecule has 0 radical (unpaired) electrons. The Morgan fingerprint density at radius 1 is 1.67 bits per heavy atom. The highest BCUT2D eigenvalue weighted by Crippen LogP contribution is 2.27. The van der Waals surface area contributed by atoms with Crippen LogP contribution in [0.25, 0.3) is 0 Å². The van der Waals surface area contributed by atoms with E-state index in [-0.39, 0.29) is 0 Å². The molecule has 0 bridgehead atoms. The maximum atomic E-state index is 2.39. The lowest BCUT2D eigenvalue weighted by Crippen LogP contribution is -1.91. The first-order valence-electron chi connectivity index (χ1n) is 3.98. The predicted molar refractivity (Wildman–Crippen MR) is 41.4 cm³/mol. The fraction of sp³-hybridized carbons (Fsp3) is 0.778. The Bertz CT molecular complexity index is 111. The third-order valence-corrected chi connectivity index (χ3v) is 2.11. The van der Waals surface area contributed by atoms with Crippen molar-refractivity contribution in [3.63, 3.8) is 0 Å². The first-order chi connectivity index (χ1) is 4.33. The molecule has 1 rings (SSSR count). The summed E-state index contributed by atoms with van der Waals surface area (Å²) in [5.41, 5.74) is 1.61. The van der Waals surface area contributed by atoms with E-state index in [2.05, 4.69) is 19.9 Å². The lowest BCUT2D eigenvalue weighted by Gasteiger charge is -2.05. The largest absolute Gasteiger partial charge is 0.0853 e. The molecule has 0 saturated heterocycles. The van der Waals surface area contributed by atoms with Crippen molar-refractivity contribution in [3.05, 3.63) is 11.6 Å². The summed E-state index contributed by atoms with van der Waals surface area (Å²) in [5.74, 6) is 0.995. The van der Waals surface area contributed by atoms with Gasteiger partial charge in [0.05, 0.1) is 0 Å². The minimum Gasteiger partial charge on any atom is -0.0853 e. The zero-order valence-corrected chi connectivity index (χ0v) is 6.48. The molecule has 0 fully saturated rings. The molecule has 0 aromatic heterocycles. The van der Waals surface area contributed by atoms with Crippen molar-refractivity contribution in [2.75, 3.05) is 0 Å². The lowest BCUT2D eigenvalue weighted by molar-refractivity contribution is 0.508. The molecule has 1 unspecified atom stereocenters. The molecule has 0 nitrogen and oxygen atoms in total. The minimum atomic E-state index is 0.995. The van der Waals surface area contributed by atoms with Crippen LogP contribution in [-0.2, 0) is 0 Å². The van der Waals surface area contributed by atoms with Crippen molar-refractivity contribution in [2.24, 2.45) is 5.92 Å². The average Bonchev–Trinajstić information content (AvgIpc) is 2.17. The van der Waals surface area contributed by atoms with E-state index in [1.807, 2.05) is 0 Å². The quantitative estimate of drug-likeness (QED) is 0.496. The normalized spacial score (nSPS) is 26.4. The Kier molecular flexibility index (Phi) is 2.32. The van der Waals surface area contributed by atoms with Gasteiger partial charge in [-0.1, -0.05) is 31.4 Å². The second kappa shape index (κ2) is 3.05. The minimum absolute atomic E-state index is 0.995. The van der Waals surface area contributed by atoms with Crippen LogP contribution in [0.3, 0.4) is 0 Å². The fourth-order valence-corrected chi connectivity index (χ4v) is 1.62. The van der Waals surface area contributed by atoms with Crippen LogP contribution >= 0.6 is 0 Å². The molecule has 52 valence electrons. The molecule has 1 aliphatic rings. The maximum absolute atomic E-state index is 2.39. The van der Waals surface area contributed by atoms with Crippen LogP contribution in [0.15, 0.2) is 11.6 Å². The molecular formula is C9H16. The van der Waals surface area contributed by atoms with Crippen molar-refractivity contribution < 1.29 is 0 Å². The highest BCUT2D eigenvalue weighted by Gasteiger charge is 2.11. The van der Waals surface area contributed by atoms with E-state index in [0.29, 0.717) is 0 Å². The van der Waals surface area contributed by atoms with Crippen molar-refractivity contribution in [1.82, 2.24) is 0 Å². The van der Waals surface area contributed by atoms with Gasteiger partial charge >= 0.3 is 0 Å². The van der Waals surface area contributed by atoms with E-state index in [0.717, 1.165) is 5.92 Å². The van der Waals surface area contributed by atoms with E-state index < -0.39 is 0 Å². The molecule has 0 aromatic rings. The van der Waals surface area contributed by atoms with Gasteiger partial charge in [0.25, 0.3) is 0 Å². The van der Waals surface area contributed by atoms with E-state index in [1.165, 1.54) is 25.7 Å². The van der Waals surface area contributed by atoms with E-state index in [1.54, 1.807) is 5.57 Å². The summed E-state index contributed by atoms with van der Waals surface area (Å²) in [4.78, 5) is 0. The molecule has 1 atom stereocenters. The fourth-order valence-electron chi connectivity index (χ4n) is 1.62. The monoisotopic (exact) mass is 124 g/mol. The number of hydrogen-bond acceptors (Lipinski definition) is 0. The Balaban J connectivity index is 2.21. The molecule has 0 heteroatoms. The Morgan fingerprint density at radius 3 is 2.89 bits per heavy atom. The van der Waals surface area contributed by atoms with E-state index in [9.17, 15) is 0 Å². The predicted octanol–water partition coefficient (Wildman–Crippen LogP) is 3.14. The van der Waals surface area contributed by atoms with Gasteiger partial charge in [-0.2, -0.15) is 0 Å². The Labute approximate surface area is 58.0 Å². The highest BCUT2D eigenvalue weighted by atomic mass is 14.2. The van der Waals surface area contributed by atoms with Gasteiger partial charge in [-0.25, -0.2) is 0 Å². The van der Waals surface area contributed by atoms with Crippen LogP contribution in [0.2, 0.25) is 0 Å². The van der Waals surface area contributed by atoms with Gasteiger partial charge in [0.1, 0.15) is 0 Å². The molecular weight excluding hydrogens is 108 g/mol. The highest BCUT2D eigenvalue weighted by molar-refractivity contribution is 5.06. The van der Waals surface area contributed by atoms with Crippen molar-refractivity contribution in [3.8, 4) is 0 Å². The SMILES string of the molecule is CCCC1CC=C(C)C1. The third kappa shape index (κ3) is 1.85. The van der Waals surface area contributed by atoms with Crippen LogP contribution in [0.5, 0.6) is 0 Å². The molecule has 1 aliphatic carbocycles. The third-order valence-electron chi connectivity index (χ3n) is 2.11.